The van der Waals surface area contributed by atoms with Crippen LogP contribution in [0, 0.1) is 6.92 Å². The van der Waals surface area contributed by atoms with Gasteiger partial charge in [0.25, 0.3) is 5.91 Å². The maximum absolute atomic E-state index is 14.2. The van der Waals surface area contributed by atoms with E-state index >= 15 is 0 Å². The molecule has 1 aliphatic heterocycles. The molecule has 58 heavy (non-hydrogen) atoms. The molecular weight excluding hydrogens is 761 g/mol. The molecular formula is C43H44N6O8S. The predicted molar refractivity (Wildman–Crippen MR) is 221 cm³/mol. The van der Waals surface area contributed by atoms with E-state index in [0.29, 0.717) is 89.4 Å². The summed E-state index contributed by atoms with van der Waals surface area (Å²) in [5, 5.41) is 28.6. The van der Waals surface area contributed by atoms with Gasteiger partial charge in [0.05, 0.1) is 45.3 Å². The number of pyridine rings is 2. The monoisotopic (exact) mass is 804 g/mol. The highest BCUT2D eigenvalue weighted by atomic mass is 32.2. The van der Waals surface area contributed by atoms with Crippen molar-refractivity contribution in [3.63, 3.8) is 0 Å². The quantitative estimate of drug-likeness (QED) is 0.0780. The number of aromatic nitrogens is 2. The van der Waals surface area contributed by atoms with Gasteiger partial charge in [-0.3, -0.25) is 24.3 Å². The Morgan fingerprint density at radius 3 is 2.48 bits per heavy atom. The number of carbonyl (C=O) groups excluding carboxylic acids is 2. The number of ketones is 1. The number of Topliss-reactive ketones (excluding diaryl/α,β-unsaturated/α-hetero) is 1. The molecule has 7 rings (SSSR count). The van der Waals surface area contributed by atoms with Crippen LogP contribution in [-0.4, -0.2) is 103 Å². The molecule has 1 amide bonds. The zero-order valence-electron chi connectivity index (χ0n) is 32.3. The van der Waals surface area contributed by atoms with E-state index in [9.17, 15) is 33.0 Å². The Hall–Kier alpha value is -6.13. The van der Waals surface area contributed by atoms with Crippen molar-refractivity contribution in [2.24, 2.45) is 0 Å². The van der Waals surface area contributed by atoms with E-state index < -0.39 is 15.9 Å². The van der Waals surface area contributed by atoms with Gasteiger partial charge in [-0.25, -0.2) is 8.42 Å². The number of anilines is 2. The molecule has 0 aliphatic carbocycles. The molecule has 1 aliphatic rings. The number of ether oxygens (including phenoxy) is 1. The molecule has 2 aromatic heterocycles. The van der Waals surface area contributed by atoms with Crippen LogP contribution in [0.5, 0.6) is 11.5 Å². The summed E-state index contributed by atoms with van der Waals surface area (Å²) in [4.78, 5) is 49.2. The number of aliphatic hydroxyl groups is 1. The van der Waals surface area contributed by atoms with Crippen molar-refractivity contribution < 1.29 is 33.0 Å². The van der Waals surface area contributed by atoms with Gasteiger partial charge in [-0.1, -0.05) is 18.2 Å². The second-order valence-electron chi connectivity index (χ2n) is 14.3. The van der Waals surface area contributed by atoms with Crippen molar-refractivity contribution >= 4 is 54.7 Å². The minimum atomic E-state index is -4.12. The molecule has 1 atom stereocenters. The molecule has 0 radical (unpaired) electrons. The smallest absolute Gasteiger partial charge is 0.253 e. The Balaban J connectivity index is 1.01. The molecule has 15 heteroatoms. The standard InChI is InChI=1S/C43H44N6O8S/c1-26-20-32(23-35-40(26)45-24-36(27(2)50)41(35)46-29-7-5-8-30(22-29)57-3)58(55,56)31-9-4-6-28(21-31)43(54)49-18-16-48(17-19-49)15-14-44-25-38(52)33-10-12-37(51)42-34(33)11-13-39(53)47-42/h4-13,20-24,38,44,51-52H,14-19,25H2,1-3H3,(H,45,46)(H,47,53)/t38-/m0/s1. The molecule has 4 aromatic carbocycles. The minimum Gasteiger partial charge on any atom is -0.506 e. The lowest BCUT2D eigenvalue weighted by molar-refractivity contribution is 0.0636. The van der Waals surface area contributed by atoms with Gasteiger partial charge >= 0.3 is 0 Å². The zero-order chi connectivity index (χ0) is 41.1. The van der Waals surface area contributed by atoms with Crippen molar-refractivity contribution in [1.82, 2.24) is 25.1 Å². The number of aromatic amines is 1. The first-order chi connectivity index (χ1) is 27.8. The Labute approximate surface area is 335 Å². The summed E-state index contributed by atoms with van der Waals surface area (Å²) in [6.07, 6.45) is 0.615. The number of hydrogen-bond acceptors (Lipinski definition) is 12. The van der Waals surface area contributed by atoms with Gasteiger partial charge < -0.3 is 35.5 Å². The largest absolute Gasteiger partial charge is 0.506 e. The molecule has 300 valence electrons. The lowest BCUT2D eigenvalue weighted by Gasteiger charge is -2.35. The highest BCUT2D eigenvalue weighted by Gasteiger charge is 2.26. The van der Waals surface area contributed by atoms with Gasteiger partial charge in [0, 0.05) is 86.2 Å². The average Bonchev–Trinajstić information content (AvgIpc) is 3.22. The number of sulfone groups is 1. The van der Waals surface area contributed by atoms with Gasteiger partial charge in [-0.05, 0) is 79.6 Å². The normalized spacial score (nSPS) is 14.1. The summed E-state index contributed by atoms with van der Waals surface area (Å²) in [6, 6.07) is 22.3. The SMILES string of the molecule is COc1cccc(Nc2c(C(C)=O)cnc3c(C)cc(S(=O)(=O)c4cccc(C(=O)N5CCN(CCNC[C@H](O)c6ccc(O)c7[nH]c(=O)ccc67)CC5)c4)cc23)c1. The van der Waals surface area contributed by atoms with Crippen LogP contribution in [0.25, 0.3) is 21.8 Å². The number of phenolic OH excluding ortho intramolecular Hbond substituents is 1. The van der Waals surface area contributed by atoms with E-state index in [1.54, 1.807) is 67.5 Å². The van der Waals surface area contributed by atoms with Gasteiger partial charge in [-0.15, -0.1) is 0 Å². The summed E-state index contributed by atoms with van der Waals surface area (Å²) in [7, 11) is -2.57. The van der Waals surface area contributed by atoms with Crippen LogP contribution < -0.4 is 20.9 Å². The number of piperazine rings is 1. The Kier molecular flexibility index (Phi) is 11.6. The number of carbonyl (C=O) groups is 2. The first kappa shape index (κ1) is 40.1. The average molecular weight is 805 g/mol. The Morgan fingerprint density at radius 2 is 1.72 bits per heavy atom. The number of nitrogens with one attached hydrogen (secondary N) is 3. The maximum Gasteiger partial charge on any atom is 0.253 e. The minimum absolute atomic E-state index is 0.000737. The highest BCUT2D eigenvalue weighted by Crippen LogP contribution is 2.35. The van der Waals surface area contributed by atoms with Crippen LogP contribution in [0.4, 0.5) is 11.4 Å². The van der Waals surface area contributed by atoms with Gasteiger partial charge in [0.2, 0.25) is 15.4 Å². The van der Waals surface area contributed by atoms with E-state index in [0.717, 1.165) is 0 Å². The summed E-state index contributed by atoms with van der Waals surface area (Å²) in [6.45, 7) is 6.84. The van der Waals surface area contributed by atoms with Crippen molar-refractivity contribution in [1.29, 1.82) is 0 Å². The number of amides is 1. The number of H-pyrrole nitrogens is 1. The number of aliphatic hydroxyl groups excluding tert-OH is 1. The van der Waals surface area contributed by atoms with E-state index in [4.69, 9.17) is 4.74 Å². The highest BCUT2D eigenvalue weighted by molar-refractivity contribution is 7.91. The number of aryl methyl sites for hydroxylation is 1. The molecule has 0 bridgehead atoms. The molecule has 0 saturated carbocycles. The predicted octanol–water partition coefficient (Wildman–Crippen LogP) is 4.96. The topological polar surface area (TPSA) is 194 Å². The lowest BCUT2D eigenvalue weighted by atomic mass is 10.0. The molecule has 14 nitrogen and oxygen atoms in total. The number of fused-ring (bicyclic) bond motifs is 2. The van der Waals surface area contributed by atoms with Crippen LogP contribution in [-0.2, 0) is 9.84 Å². The van der Waals surface area contributed by atoms with E-state index in [1.165, 1.54) is 43.5 Å². The third-order valence-corrected chi connectivity index (χ3v) is 12.2. The number of phenols is 1. The Morgan fingerprint density at radius 1 is 0.948 bits per heavy atom. The summed E-state index contributed by atoms with van der Waals surface area (Å²) >= 11 is 0. The fraction of sp³-hybridized carbons (Fsp3) is 0.256. The van der Waals surface area contributed by atoms with Gasteiger partial charge in [0.15, 0.2) is 5.78 Å². The van der Waals surface area contributed by atoms with Crippen LogP contribution in [0.15, 0.2) is 106 Å². The molecule has 0 unspecified atom stereocenters. The van der Waals surface area contributed by atoms with Gasteiger partial charge in [0.1, 0.15) is 11.5 Å². The number of nitrogens with zero attached hydrogens (tertiary/aromatic N) is 3. The third-order valence-electron chi connectivity index (χ3n) is 10.4. The van der Waals surface area contributed by atoms with Crippen molar-refractivity contribution in [3.8, 4) is 11.5 Å². The van der Waals surface area contributed by atoms with Crippen LogP contribution in [0.2, 0.25) is 0 Å². The van der Waals surface area contributed by atoms with Crippen LogP contribution >= 0.6 is 0 Å². The second kappa shape index (κ2) is 16.8. The summed E-state index contributed by atoms with van der Waals surface area (Å²) in [5.74, 6) is 0.0232. The molecule has 5 N–H and O–H groups in total. The van der Waals surface area contributed by atoms with E-state index in [-0.39, 0.29) is 50.4 Å². The van der Waals surface area contributed by atoms with Crippen LogP contribution in [0.3, 0.4) is 0 Å². The molecule has 1 saturated heterocycles. The molecule has 6 aromatic rings. The first-order valence-electron chi connectivity index (χ1n) is 18.8. The van der Waals surface area contributed by atoms with Crippen molar-refractivity contribution in [2.75, 3.05) is 58.2 Å². The number of hydrogen-bond donors (Lipinski definition) is 5. The van der Waals surface area contributed by atoms with Crippen molar-refractivity contribution in [2.45, 2.75) is 29.7 Å². The second-order valence-corrected chi connectivity index (χ2v) is 16.2. The fourth-order valence-corrected chi connectivity index (χ4v) is 8.69. The third kappa shape index (κ3) is 8.29. The zero-order valence-corrected chi connectivity index (χ0v) is 33.1. The first-order valence-corrected chi connectivity index (χ1v) is 20.3. The summed E-state index contributed by atoms with van der Waals surface area (Å²) in [5.41, 5.74) is 3.27. The Bertz CT molecular complexity index is 2710. The number of aromatic hydroxyl groups is 1. The number of benzene rings is 4. The van der Waals surface area contributed by atoms with Crippen LogP contribution in [0.1, 0.15) is 44.9 Å². The number of rotatable bonds is 13. The number of methoxy groups -OCH3 is 1. The fourth-order valence-electron chi connectivity index (χ4n) is 7.27. The molecule has 0 spiro atoms. The van der Waals surface area contributed by atoms with E-state index in [1.807, 2.05) is 6.07 Å². The lowest BCUT2D eigenvalue weighted by Crippen LogP contribution is -2.50. The summed E-state index contributed by atoms with van der Waals surface area (Å²) < 4.78 is 33.8. The van der Waals surface area contributed by atoms with Gasteiger partial charge in [-0.2, -0.15) is 0 Å². The maximum atomic E-state index is 14.2. The van der Waals surface area contributed by atoms with E-state index in [2.05, 4.69) is 25.5 Å². The molecule has 1 fully saturated rings. The molecule has 3 heterocycles. The van der Waals surface area contributed by atoms with Crippen molar-refractivity contribution in [3.05, 3.63) is 124 Å².